The van der Waals surface area contributed by atoms with Crippen LogP contribution in [-0.4, -0.2) is 19.7 Å². The summed E-state index contributed by atoms with van der Waals surface area (Å²) in [5.74, 6) is -0.131. The number of ketones is 1. The summed E-state index contributed by atoms with van der Waals surface area (Å²) in [6.07, 6.45) is 0. The molecule has 4 nitrogen and oxygen atoms in total. The highest BCUT2D eigenvalue weighted by Crippen LogP contribution is 2.16. The van der Waals surface area contributed by atoms with Gasteiger partial charge in [-0.3, -0.25) is 4.79 Å². The Bertz CT molecular complexity index is 758. The normalized spacial score (nSPS) is 12.1. The summed E-state index contributed by atoms with van der Waals surface area (Å²) < 4.78 is 27.0. The summed E-state index contributed by atoms with van der Waals surface area (Å²) in [4.78, 5) is 12.4. The predicted octanol–water partition coefficient (Wildman–Crippen LogP) is 2.99. The topological polar surface area (TPSA) is 63.2 Å². The van der Waals surface area contributed by atoms with Crippen molar-refractivity contribution in [2.75, 3.05) is 0 Å². The van der Waals surface area contributed by atoms with Crippen LogP contribution in [0.2, 0.25) is 0 Å². The summed E-state index contributed by atoms with van der Waals surface area (Å²) in [6.45, 7) is 5.33. The van der Waals surface area contributed by atoms with Crippen LogP contribution in [0.1, 0.15) is 36.7 Å². The first-order valence-corrected chi connectivity index (χ1v) is 8.41. The maximum atomic E-state index is 12.3. The molecule has 0 saturated carbocycles. The summed E-state index contributed by atoms with van der Waals surface area (Å²) in [5, 5.41) is 0. The molecule has 116 valence electrons. The standard InChI is InChI=1S/C17H19NO3S/c1-17(2,3)18-22(20,21)15-11-9-14(10-12-15)16(19)13-7-5-4-6-8-13/h4-12,18H,1-3H3. The highest BCUT2D eigenvalue weighted by Gasteiger charge is 2.22. The zero-order chi connectivity index (χ0) is 16.4. The largest absolute Gasteiger partial charge is 0.289 e. The van der Waals surface area contributed by atoms with Crippen molar-refractivity contribution in [1.82, 2.24) is 4.72 Å². The van der Waals surface area contributed by atoms with Crippen LogP contribution in [0.3, 0.4) is 0 Å². The van der Waals surface area contributed by atoms with E-state index in [0.29, 0.717) is 11.1 Å². The fourth-order valence-electron chi connectivity index (χ4n) is 2.00. The average molecular weight is 317 g/mol. The second-order valence-corrected chi connectivity index (χ2v) is 7.76. The van der Waals surface area contributed by atoms with E-state index in [-0.39, 0.29) is 10.7 Å². The van der Waals surface area contributed by atoms with Crippen molar-refractivity contribution in [1.29, 1.82) is 0 Å². The quantitative estimate of drug-likeness (QED) is 0.882. The third-order valence-electron chi connectivity index (χ3n) is 2.90. The average Bonchev–Trinajstić information content (AvgIpc) is 2.45. The third-order valence-corrected chi connectivity index (χ3v) is 4.68. The Labute approximate surface area is 131 Å². The van der Waals surface area contributed by atoms with Crippen molar-refractivity contribution in [2.24, 2.45) is 0 Å². The number of rotatable bonds is 4. The van der Waals surface area contributed by atoms with Gasteiger partial charge in [-0.1, -0.05) is 30.3 Å². The van der Waals surface area contributed by atoms with Crippen LogP contribution in [0.4, 0.5) is 0 Å². The van der Waals surface area contributed by atoms with Gasteiger partial charge in [0.1, 0.15) is 0 Å². The van der Waals surface area contributed by atoms with Gasteiger partial charge in [0.15, 0.2) is 5.78 Å². The molecule has 0 aliphatic rings. The zero-order valence-corrected chi connectivity index (χ0v) is 13.6. The Balaban J connectivity index is 2.26. The van der Waals surface area contributed by atoms with Gasteiger partial charge in [-0.2, -0.15) is 0 Å². The van der Waals surface area contributed by atoms with E-state index in [1.807, 2.05) is 6.07 Å². The minimum absolute atomic E-state index is 0.131. The Hall–Kier alpha value is -1.98. The summed E-state index contributed by atoms with van der Waals surface area (Å²) in [6, 6.07) is 14.8. The lowest BCUT2D eigenvalue weighted by molar-refractivity contribution is 0.103. The van der Waals surface area contributed by atoms with Crippen LogP contribution in [0.15, 0.2) is 59.5 Å². The van der Waals surface area contributed by atoms with Gasteiger partial charge in [-0.15, -0.1) is 0 Å². The molecule has 0 aromatic heterocycles. The lowest BCUT2D eigenvalue weighted by atomic mass is 10.0. The number of sulfonamides is 1. The van der Waals surface area contributed by atoms with Crippen molar-refractivity contribution >= 4 is 15.8 Å². The smallest absolute Gasteiger partial charge is 0.241 e. The fourth-order valence-corrected chi connectivity index (χ4v) is 3.42. The maximum absolute atomic E-state index is 12.3. The molecule has 5 heteroatoms. The first-order valence-electron chi connectivity index (χ1n) is 6.93. The molecule has 2 aromatic carbocycles. The molecule has 2 rings (SSSR count). The van der Waals surface area contributed by atoms with Crippen molar-refractivity contribution < 1.29 is 13.2 Å². The monoisotopic (exact) mass is 317 g/mol. The minimum Gasteiger partial charge on any atom is -0.289 e. The van der Waals surface area contributed by atoms with E-state index in [9.17, 15) is 13.2 Å². The Morgan fingerprint density at radius 3 is 1.86 bits per heavy atom. The number of carbonyl (C=O) groups is 1. The van der Waals surface area contributed by atoms with Gasteiger partial charge in [0.05, 0.1) is 4.90 Å². The van der Waals surface area contributed by atoms with E-state index in [1.165, 1.54) is 24.3 Å². The van der Waals surface area contributed by atoms with Gasteiger partial charge in [-0.05, 0) is 45.0 Å². The second kappa shape index (κ2) is 6.02. The fraction of sp³-hybridized carbons (Fsp3) is 0.235. The first kappa shape index (κ1) is 16.4. The Morgan fingerprint density at radius 2 is 1.36 bits per heavy atom. The van der Waals surface area contributed by atoms with E-state index < -0.39 is 15.6 Å². The van der Waals surface area contributed by atoms with Gasteiger partial charge in [0.2, 0.25) is 10.0 Å². The highest BCUT2D eigenvalue weighted by atomic mass is 32.2. The minimum atomic E-state index is -3.59. The molecular formula is C17H19NO3S. The lowest BCUT2D eigenvalue weighted by Crippen LogP contribution is -2.40. The number of benzene rings is 2. The molecule has 0 saturated heterocycles. The van der Waals surface area contributed by atoms with E-state index in [2.05, 4.69) is 4.72 Å². The van der Waals surface area contributed by atoms with Crippen LogP contribution >= 0.6 is 0 Å². The van der Waals surface area contributed by atoms with Crippen LogP contribution in [-0.2, 0) is 10.0 Å². The first-order chi connectivity index (χ1) is 10.2. The van der Waals surface area contributed by atoms with Gasteiger partial charge in [-0.25, -0.2) is 13.1 Å². The van der Waals surface area contributed by atoms with Crippen LogP contribution < -0.4 is 4.72 Å². The van der Waals surface area contributed by atoms with Crippen molar-refractivity contribution in [3.05, 3.63) is 65.7 Å². The van der Waals surface area contributed by atoms with Crippen LogP contribution in [0, 0.1) is 0 Å². The van der Waals surface area contributed by atoms with Crippen molar-refractivity contribution in [2.45, 2.75) is 31.2 Å². The molecule has 0 amide bonds. The molecule has 0 aliphatic carbocycles. The van der Waals surface area contributed by atoms with E-state index in [4.69, 9.17) is 0 Å². The van der Waals surface area contributed by atoms with E-state index in [1.54, 1.807) is 45.0 Å². The number of hydrogen-bond donors (Lipinski definition) is 1. The summed E-state index contributed by atoms with van der Waals surface area (Å²) in [5.41, 5.74) is 0.476. The third kappa shape index (κ3) is 4.02. The van der Waals surface area contributed by atoms with Gasteiger partial charge >= 0.3 is 0 Å². The maximum Gasteiger partial charge on any atom is 0.241 e. The Kier molecular flexibility index (Phi) is 4.49. The second-order valence-electron chi connectivity index (χ2n) is 6.08. The molecule has 2 aromatic rings. The van der Waals surface area contributed by atoms with Gasteiger partial charge in [0.25, 0.3) is 0 Å². The molecule has 0 heterocycles. The highest BCUT2D eigenvalue weighted by molar-refractivity contribution is 7.89. The molecule has 0 aliphatic heterocycles. The zero-order valence-electron chi connectivity index (χ0n) is 12.8. The molecule has 1 N–H and O–H groups in total. The molecule has 0 atom stereocenters. The lowest BCUT2D eigenvalue weighted by Gasteiger charge is -2.20. The molecule has 0 unspecified atom stereocenters. The van der Waals surface area contributed by atoms with E-state index >= 15 is 0 Å². The van der Waals surface area contributed by atoms with E-state index in [0.717, 1.165) is 0 Å². The van der Waals surface area contributed by atoms with Crippen molar-refractivity contribution in [3.8, 4) is 0 Å². The summed E-state index contributed by atoms with van der Waals surface area (Å²) >= 11 is 0. The molecule has 0 spiro atoms. The van der Waals surface area contributed by atoms with Crippen LogP contribution in [0.5, 0.6) is 0 Å². The SMILES string of the molecule is CC(C)(C)NS(=O)(=O)c1ccc(C(=O)c2ccccc2)cc1. The van der Waals surface area contributed by atoms with Crippen molar-refractivity contribution in [3.63, 3.8) is 0 Å². The molecule has 22 heavy (non-hydrogen) atoms. The molecule has 0 radical (unpaired) electrons. The molecular weight excluding hydrogens is 298 g/mol. The molecule has 0 fully saturated rings. The van der Waals surface area contributed by atoms with Gasteiger partial charge < -0.3 is 0 Å². The van der Waals surface area contributed by atoms with Gasteiger partial charge in [0, 0.05) is 16.7 Å². The van der Waals surface area contributed by atoms with Crippen LogP contribution in [0.25, 0.3) is 0 Å². The number of hydrogen-bond acceptors (Lipinski definition) is 3. The predicted molar refractivity (Wildman–Crippen MR) is 86.4 cm³/mol. The number of carbonyl (C=O) groups excluding carboxylic acids is 1. The molecule has 0 bridgehead atoms. The Morgan fingerprint density at radius 1 is 0.864 bits per heavy atom. The number of nitrogens with one attached hydrogen (secondary N) is 1. The summed E-state index contributed by atoms with van der Waals surface area (Å²) in [7, 11) is -3.59.